The molecule has 1 N–H and O–H groups in total. The van der Waals surface area contributed by atoms with Crippen molar-refractivity contribution in [3.8, 4) is 0 Å². The van der Waals surface area contributed by atoms with Crippen LogP contribution in [0.4, 0.5) is 0 Å². The SMILES string of the molecule is CCn1ncc(S(=O)(=O)N2CCCCC2c2cc(=O)n(C)[nH]2)c1C. The molecule has 0 spiro atoms. The minimum absolute atomic E-state index is 0.164. The fourth-order valence-corrected chi connectivity index (χ4v) is 5.15. The third-order valence-electron chi connectivity index (χ3n) is 4.66. The van der Waals surface area contributed by atoms with Crippen molar-refractivity contribution in [2.45, 2.75) is 50.6 Å². The Balaban J connectivity index is 2.03. The number of piperidine rings is 1. The predicted octanol–water partition coefficient (Wildman–Crippen LogP) is 1.15. The first-order valence-corrected chi connectivity index (χ1v) is 9.60. The lowest BCUT2D eigenvalue weighted by Gasteiger charge is -2.33. The van der Waals surface area contributed by atoms with Crippen LogP contribution in [0.15, 0.2) is 22.0 Å². The Morgan fingerprint density at radius 3 is 2.71 bits per heavy atom. The predicted molar refractivity (Wildman–Crippen MR) is 89.2 cm³/mol. The van der Waals surface area contributed by atoms with Crippen molar-refractivity contribution in [3.05, 3.63) is 34.0 Å². The molecule has 0 saturated carbocycles. The van der Waals surface area contributed by atoms with Crippen molar-refractivity contribution >= 4 is 10.0 Å². The van der Waals surface area contributed by atoms with E-state index in [1.165, 1.54) is 21.3 Å². The topological polar surface area (TPSA) is 93.0 Å². The minimum Gasteiger partial charge on any atom is -0.298 e. The molecular weight excluding hydrogens is 330 g/mol. The van der Waals surface area contributed by atoms with E-state index in [2.05, 4.69) is 10.2 Å². The third-order valence-corrected chi connectivity index (χ3v) is 6.67. The van der Waals surface area contributed by atoms with E-state index in [0.29, 0.717) is 30.9 Å². The van der Waals surface area contributed by atoms with Gasteiger partial charge in [0.2, 0.25) is 10.0 Å². The van der Waals surface area contributed by atoms with Gasteiger partial charge in [0.1, 0.15) is 4.90 Å². The van der Waals surface area contributed by atoms with E-state index in [4.69, 9.17) is 0 Å². The average Bonchev–Trinajstić information content (AvgIpc) is 3.10. The number of sulfonamides is 1. The van der Waals surface area contributed by atoms with Gasteiger partial charge in [0.05, 0.1) is 23.6 Å². The number of nitrogens with zero attached hydrogens (tertiary/aromatic N) is 4. The zero-order valence-corrected chi connectivity index (χ0v) is 15.0. The summed E-state index contributed by atoms with van der Waals surface area (Å²) in [6, 6.07) is 1.14. The molecule has 9 heteroatoms. The lowest BCUT2D eigenvalue weighted by atomic mass is 10.0. The smallest absolute Gasteiger partial charge is 0.266 e. The molecule has 2 aromatic rings. The molecule has 3 rings (SSSR count). The van der Waals surface area contributed by atoms with Crippen molar-refractivity contribution in [3.63, 3.8) is 0 Å². The maximum Gasteiger partial charge on any atom is 0.266 e. The summed E-state index contributed by atoms with van der Waals surface area (Å²) in [6.07, 6.45) is 3.86. The Bertz CT molecular complexity index is 893. The lowest BCUT2D eigenvalue weighted by molar-refractivity contribution is 0.250. The Morgan fingerprint density at radius 1 is 1.38 bits per heavy atom. The van der Waals surface area contributed by atoms with Crippen LogP contribution in [-0.2, 0) is 23.6 Å². The molecule has 1 fully saturated rings. The van der Waals surface area contributed by atoms with Crippen molar-refractivity contribution in [1.82, 2.24) is 23.9 Å². The second-order valence-corrected chi connectivity index (χ2v) is 8.01. The van der Waals surface area contributed by atoms with Crippen LogP contribution in [-0.4, -0.2) is 38.8 Å². The fourth-order valence-electron chi connectivity index (χ4n) is 3.31. The van der Waals surface area contributed by atoms with Crippen LogP contribution < -0.4 is 5.56 Å². The molecular formula is C15H23N5O3S. The molecule has 1 atom stereocenters. The summed E-state index contributed by atoms with van der Waals surface area (Å²) in [7, 11) is -2.04. The zero-order valence-electron chi connectivity index (χ0n) is 14.2. The molecule has 0 aromatic carbocycles. The molecule has 132 valence electrons. The minimum atomic E-state index is -3.66. The second-order valence-electron chi connectivity index (χ2n) is 6.15. The Hall–Kier alpha value is -1.87. The summed E-state index contributed by atoms with van der Waals surface area (Å²) in [5.41, 5.74) is 1.12. The standard InChI is InChI=1S/C15H23N5O3S/c1-4-19-11(2)14(10-16-19)24(22,23)20-8-6-5-7-13(20)12-9-15(21)18(3)17-12/h9-10,13,17H,4-8H2,1-3H3. The Morgan fingerprint density at radius 2 is 2.12 bits per heavy atom. The van der Waals surface area contributed by atoms with E-state index in [9.17, 15) is 13.2 Å². The quantitative estimate of drug-likeness (QED) is 0.892. The summed E-state index contributed by atoms with van der Waals surface area (Å²) in [5.74, 6) is 0. The van der Waals surface area contributed by atoms with Crippen molar-refractivity contribution in [2.75, 3.05) is 6.54 Å². The van der Waals surface area contributed by atoms with Crippen molar-refractivity contribution < 1.29 is 8.42 Å². The van der Waals surface area contributed by atoms with Crippen LogP contribution in [0.25, 0.3) is 0 Å². The van der Waals surface area contributed by atoms with Crippen LogP contribution >= 0.6 is 0 Å². The van der Waals surface area contributed by atoms with Crippen LogP contribution in [0.2, 0.25) is 0 Å². The van der Waals surface area contributed by atoms with Crippen LogP contribution in [0.5, 0.6) is 0 Å². The molecule has 0 bridgehead atoms. The summed E-state index contributed by atoms with van der Waals surface area (Å²) in [5, 5.41) is 7.14. The number of rotatable bonds is 4. The Labute approximate surface area is 141 Å². The van der Waals surface area contributed by atoms with Gasteiger partial charge in [-0.2, -0.15) is 9.40 Å². The Kier molecular flexibility index (Phi) is 4.39. The number of H-pyrrole nitrogens is 1. The molecule has 1 unspecified atom stereocenters. The third kappa shape index (κ3) is 2.71. The van der Waals surface area contributed by atoms with Crippen molar-refractivity contribution in [2.24, 2.45) is 7.05 Å². The molecule has 2 aromatic heterocycles. The number of nitrogens with one attached hydrogen (secondary N) is 1. The summed E-state index contributed by atoms with van der Waals surface area (Å²) in [4.78, 5) is 12.0. The van der Waals surface area contributed by atoms with E-state index in [1.54, 1.807) is 18.7 Å². The monoisotopic (exact) mass is 353 g/mol. The van der Waals surface area contributed by atoms with Crippen LogP contribution in [0, 0.1) is 6.92 Å². The molecule has 1 aliphatic rings. The first kappa shape index (κ1) is 17.0. The highest BCUT2D eigenvalue weighted by atomic mass is 32.2. The van der Waals surface area contributed by atoms with Gasteiger partial charge < -0.3 is 0 Å². The van der Waals surface area contributed by atoms with Gasteiger partial charge in [-0.25, -0.2) is 8.42 Å². The van der Waals surface area contributed by atoms with Gasteiger partial charge >= 0.3 is 0 Å². The largest absolute Gasteiger partial charge is 0.298 e. The summed E-state index contributed by atoms with van der Waals surface area (Å²) >= 11 is 0. The first-order valence-electron chi connectivity index (χ1n) is 8.16. The van der Waals surface area contributed by atoms with Gasteiger partial charge in [0.25, 0.3) is 5.56 Å². The average molecular weight is 353 g/mol. The molecule has 24 heavy (non-hydrogen) atoms. The highest BCUT2D eigenvalue weighted by molar-refractivity contribution is 7.89. The van der Waals surface area contributed by atoms with E-state index < -0.39 is 10.0 Å². The molecule has 0 aliphatic carbocycles. The molecule has 3 heterocycles. The maximum absolute atomic E-state index is 13.2. The van der Waals surface area contributed by atoms with Gasteiger partial charge in [0, 0.05) is 26.2 Å². The van der Waals surface area contributed by atoms with Gasteiger partial charge in [0.15, 0.2) is 0 Å². The number of hydrogen-bond donors (Lipinski definition) is 1. The van der Waals surface area contributed by atoms with Crippen molar-refractivity contribution in [1.29, 1.82) is 0 Å². The normalized spacial score (nSPS) is 19.7. The molecule has 1 saturated heterocycles. The lowest BCUT2D eigenvalue weighted by Crippen LogP contribution is -2.38. The second kappa shape index (κ2) is 6.21. The number of aromatic amines is 1. The van der Waals surface area contributed by atoms with E-state index in [-0.39, 0.29) is 16.5 Å². The van der Waals surface area contributed by atoms with E-state index >= 15 is 0 Å². The summed E-state index contributed by atoms with van der Waals surface area (Å²) < 4.78 is 30.9. The van der Waals surface area contributed by atoms with Gasteiger partial charge in [-0.15, -0.1) is 0 Å². The van der Waals surface area contributed by atoms with Gasteiger partial charge in [-0.1, -0.05) is 6.42 Å². The fraction of sp³-hybridized carbons (Fsp3) is 0.600. The first-order chi connectivity index (χ1) is 11.4. The molecule has 8 nitrogen and oxygen atoms in total. The van der Waals surface area contributed by atoms with Crippen LogP contribution in [0.1, 0.15) is 43.6 Å². The van der Waals surface area contributed by atoms with E-state index in [0.717, 1.165) is 12.8 Å². The van der Waals surface area contributed by atoms with E-state index in [1.807, 2.05) is 6.92 Å². The zero-order chi connectivity index (χ0) is 17.5. The maximum atomic E-state index is 13.2. The highest BCUT2D eigenvalue weighted by Crippen LogP contribution is 2.34. The number of hydrogen-bond acceptors (Lipinski definition) is 4. The van der Waals surface area contributed by atoms with Crippen LogP contribution in [0.3, 0.4) is 0 Å². The molecule has 1 aliphatic heterocycles. The highest BCUT2D eigenvalue weighted by Gasteiger charge is 2.37. The van der Waals surface area contributed by atoms with Gasteiger partial charge in [-0.05, 0) is 26.7 Å². The molecule has 0 radical (unpaired) electrons. The van der Waals surface area contributed by atoms with Gasteiger partial charge in [-0.3, -0.25) is 19.3 Å². The molecule has 0 amide bonds. The number of aromatic nitrogens is 4. The summed E-state index contributed by atoms with van der Waals surface area (Å²) in [6.45, 7) is 4.76. The number of aryl methyl sites for hydroxylation is 2.